The Balaban J connectivity index is 1.84. The lowest BCUT2D eigenvalue weighted by atomic mass is 10.0. The lowest BCUT2D eigenvalue weighted by molar-refractivity contribution is 0.407. The molecule has 0 saturated heterocycles. The first-order valence-electron chi connectivity index (χ1n) is 6.41. The highest BCUT2D eigenvalue weighted by Crippen LogP contribution is 2.25. The van der Waals surface area contributed by atoms with E-state index < -0.39 is 0 Å². The normalized spacial score (nSPS) is 28.6. The van der Waals surface area contributed by atoms with Crippen molar-refractivity contribution in [2.24, 2.45) is 5.92 Å². The molecule has 0 aliphatic heterocycles. The molecule has 2 rings (SSSR count). The quantitative estimate of drug-likeness (QED) is 0.811. The van der Waals surface area contributed by atoms with Crippen LogP contribution in [0.5, 0.6) is 0 Å². The van der Waals surface area contributed by atoms with Gasteiger partial charge in [0, 0.05) is 17.6 Å². The molecular weight excluding hydrogens is 216 g/mol. The summed E-state index contributed by atoms with van der Waals surface area (Å²) in [5.74, 6) is 0.918. The summed E-state index contributed by atoms with van der Waals surface area (Å²) in [6, 6.07) is 1.11. The summed E-state index contributed by atoms with van der Waals surface area (Å²) in [6.07, 6.45) is 8.72. The Morgan fingerprint density at radius 3 is 3.00 bits per heavy atom. The molecule has 1 heterocycles. The molecule has 1 saturated carbocycles. The Bertz CT molecular complexity index is 297. The molecule has 16 heavy (non-hydrogen) atoms. The molecule has 3 heteroatoms. The molecule has 90 valence electrons. The van der Waals surface area contributed by atoms with Crippen molar-refractivity contribution in [2.45, 2.75) is 58.0 Å². The van der Waals surface area contributed by atoms with Crippen molar-refractivity contribution in [1.82, 2.24) is 10.3 Å². The van der Waals surface area contributed by atoms with Crippen LogP contribution >= 0.6 is 11.3 Å². The predicted octanol–water partition coefficient (Wildman–Crippen LogP) is 3.76. The van der Waals surface area contributed by atoms with Gasteiger partial charge in [-0.3, -0.25) is 0 Å². The van der Waals surface area contributed by atoms with Gasteiger partial charge in [-0.05, 0) is 32.1 Å². The van der Waals surface area contributed by atoms with Crippen molar-refractivity contribution >= 4 is 11.3 Å². The second kappa shape index (κ2) is 5.78. The van der Waals surface area contributed by atoms with Gasteiger partial charge in [0.2, 0.25) is 0 Å². The van der Waals surface area contributed by atoms with Crippen LogP contribution in [0, 0.1) is 5.92 Å². The molecule has 0 amide bonds. The zero-order chi connectivity index (χ0) is 11.4. The average Bonchev–Trinajstić information content (AvgIpc) is 2.72. The number of hydrogen-bond acceptors (Lipinski definition) is 3. The van der Waals surface area contributed by atoms with Crippen molar-refractivity contribution < 1.29 is 0 Å². The number of aromatic nitrogens is 1. The van der Waals surface area contributed by atoms with Gasteiger partial charge in [0.15, 0.2) is 0 Å². The smallest absolute Gasteiger partial charge is 0.109 e. The van der Waals surface area contributed by atoms with Gasteiger partial charge in [0.1, 0.15) is 5.01 Å². The number of thiazole rings is 1. The molecule has 0 radical (unpaired) electrons. The summed E-state index contributed by atoms with van der Waals surface area (Å²) in [5.41, 5.74) is 0. The summed E-state index contributed by atoms with van der Waals surface area (Å²) in [6.45, 7) is 4.61. The molecule has 1 N–H and O–H groups in total. The highest BCUT2D eigenvalue weighted by atomic mass is 32.1. The molecule has 0 aromatic carbocycles. The SMILES string of the molecule is CC1CCCC(NC(C)c2nccs2)CC1. The van der Waals surface area contributed by atoms with E-state index in [9.17, 15) is 0 Å². The van der Waals surface area contributed by atoms with Gasteiger partial charge < -0.3 is 5.32 Å². The zero-order valence-corrected chi connectivity index (χ0v) is 11.1. The summed E-state index contributed by atoms with van der Waals surface area (Å²) < 4.78 is 0. The van der Waals surface area contributed by atoms with Crippen LogP contribution in [0.1, 0.15) is 57.0 Å². The van der Waals surface area contributed by atoms with Gasteiger partial charge in [-0.1, -0.05) is 19.8 Å². The summed E-state index contributed by atoms with van der Waals surface area (Å²) in [4.78, 5) is 4.38. The van der Waals surface area contributed by atoms with Gasteiger partial charge in [0.25, 0.3) is 0 Å². The number of rotatable bonds is 3. The maximum atomic E-state index is 4.38. The van der Waals surface area contributed by atoms with E-state index in [-0.39, 0.29) is 0 Å². The molecule has 1 fully saturated rings. The van der Waals surface area contributed by atoms with Gasteiger partial charge >= 0.3 is 0 Å². The Labute approximate surface area is 102 Å². The molecule has 2 nitrogen and oxygen atoms in total. The van der Waals surface area contributed by atoms with Crippen LogP contribution in [-0.4, -0.2) is 11.0 Å². The van der Waals surface area contributed by atoms with Crippen molar-refractivity contribution in [3.05, 3.63) is 16.6 Å². The van der Waals surface area contributed by atoms with Crippen LogP contribution in [0.3, 0.4) is 0 Å². The van der Waals surface area contributed by atoms with Crippen molar-refractivity contribution in [1.29, 1.82) is 0 Å². The third-order valence-corrected chi connectivity index (χ3v) is 4.52. The second-order valence-electron chi connectivity index (χ2n) is 5.07. The van der Waals surface area contributed by atoms with E-state index in [4.69, 9.17) is 0 Å². The molecule has 1 aliphatic carbocycles. The lowest BCUT2D eigenvalue weighted by Crippen LogP contribution is -2.31. The molecule has 3 unspecified atom stereocenters. The Morgan fingerprint density at radius 1 is 1.38 bits per heavy atom. The van der Waals surface area contributed by atoms with Crippen LogP contribution in [0.4, 0.5) is 0 Å². The van der Waals surface area contributed by atoms with E-state index >= 15 is 0 Å². The van der Waals surface area contributed by atoms with Crippen LogP contribution in [-0.2, 0) is 0 Å². The molecule has 1 aliphatic rings. The maximum Gasteiger partial charge on any atom is 0.109 e. The predicted molar refractivity (Wildman–Crippen MR) is 69.7 cm³/mol. The fourth-order valence-electron chi connectivity index (χ4n) is 2.53. The van der Waals surface area contributed by atoms with E-state index in [0.717, 1.165) is 5.92 Å². The van der Waals surface area contributed by atoms with Gasteiger partial charge in [0.05, 0.1) is 6.04 Å². The number of nitrogens with zero attached hydrogens (tertiary/aromatic N) is 1. The van der Waals surface area contributed by atoms with Crippen molar-refractivity contribution in [3.8, 4) is 0 Å². The topological polar surface area (TPSA) is 24.9 Å². The standard InChI is InChI=1S/C13H22N2S/c1-10-4-3-5-12(7-6-10)15-11(2)13-14-8-9-16-13/h8-12,15H,3-7H2,1-2H3. The Kier molecular flexibility index (Phi) is 4.36. The van der Waals surface area contributed by atoms with E-state index in [0.29, 0.717) is 12.1 Å². The minimum Gasteiger partial charge on any atom is -0.305 e. The minimum absolute atomic E-state index is 0.415. The van der Waals surface area contributed by atoms with Crippen LogP contribution < -0.4 is 5.32 Å². The van der Waals surface area contributed by atoms with Crippen molar-refractivity contribution in [2.75, 3.05) is 0 Å². The molecule has 0 bridgehead atoms. The van der Waals surface area contributed by atoms with Gasteiger partial charge in [-0.15, -0.1) is 11.3 Å². The number of hydrogen-bond donors (Lipinski definition) is 1. The second-order valence-corrected chi connectivity index (χ2v) is 6.00. The largest absolute Gasteiger partial charge is 0.305 e. The average molecular weight is 238 g/mol. The first-order valence-corrected chi connectivity index (χ1v) is 7.29. The van der Waals surface area contributed by atoms with Crippen molar-refractivity contribution in [3.63, 3.8) is 0 Å². The Morgan fingerprint density at radius 2 is 2.25 bits per heavy atom. The van der Waals surface area contributed by atoms with Gasteiger partial charge in [-0.25, -0.2) is 4.98 Å². The molecule has 1 aromatic heterocycles. The van der Waals surface area contributed by atoms with E-state index in [1.54, 1.807) is 11.3 Å². The number of nitrogens with one attached hydrogen (secondary N) is 1. The fraction of sp³-hybridized carbons (Fsp3) is 0.769. The summed E-state index contributed by atoms with van der Waals surface area (Å²) in [7, 11) is 0. The molecule has 0 spiro atoms. The van der Waals surface area contributed by atoms with Crippen LogP contribution in [0.25, 0.3) is 0 Å². The molecule has 1 aromatic rings. The van der Waals surface area contributed by atoms with Gasteiger partial charge in [-0.2, -0.15) is 0 Å². The van der Waals surface area contributed by atoms with E-state index in [1.807, 2.05) is 6.20 Å². The third kappa shape index (κ3) is 3.29. The van der Waals surface area contributed by atoms with Crippen LogP contribution in [0.15, 0.2) is 11.6 Å². The molecule has 3 atom stereocenters. The Hall–Kier alpha value is -0.410. The first kappa shape index (κ1) is 12.1. The molecular formula is C13H22N2S. The third-order valence-electron chi connectivity index (χ3n) is 3.56. The maximum absolute atomic E-state index is 4.38. The summed E-state index contributed by atoms with van der Waals surface area (Å²) in [5, 5.41) is 7.01. The minimum atomic E-state index is 0.415. The zero-order valence-electron chi connectivity index (χ0n) is 10.3. The first-order chi connectivity index (χ1) is 7.75. The van der Waals surface area contributed by atoms with E-state index in [1.165, 1.54) is 37.1 Å². The highest BCUT2D eigenvalue weighted by Gasteiger charge is 2.18. The monoisotopic (exact) mass is 238 g/mol. The van der Waals surface area contributed by atoms with Crippen LogP contribution in [0.2, 0.25) is 0 Å². The lowest BCUT2D eigenvalue weighted by Gasteiger charge is -2.20. The van der Waals surface area contributed by atoms with E-state index in [2.05, 4.69) is 29.5 Å². The fourth-order valence-corrected chi connectivity index (χ4v) is 3.18. The summed E-state index contributed by atoms with van der Waals surface area (Å²) >= 11 is 1.75. The highest BCUT2D eigenvalue weighted by molar-refractivity contribution is 7.09.